The van der Waals surface area contributed by atoms with E-state index in [0.29, 0.717) is 31.8 Å². The van der Waals surface area contributed by atoms with Crippen LogP contribution in [0.25, 0.3) is 5.69 Å². The Balaban J connectivity index is 1.49. The number of nitrogens with zero attached hydrogens (tertiary/aromatic N) is 6. The summed E-state index contributed by atoms with van der Waals surface area (Å²) in [6, 6.07) is 3.51. The number of carbonyl (C=O) groups is 1. The van der Waals surface area contributed by atoms with Gasteiger partial charge in [-0.1, -0.05) is 0 Å². The molecule has 12 heteroatoms. The van der Waals surface area contributed by atoms with Gasteiger partial charge in [0.05, 0.1) is 23.5 Å². The van der Waals surface area contributed by atoms with Crippen LogP contribution in [0.3, 0.4) is 0 Å². The van der Waals surface area contributed by atoms with Crippen molar-refractivity contribution in [3.8, 4) is 5.69 Å². The number of anilines is 1. The molecule has 4 rings (SSSR count). The molecule has 8 nitrogen and oxygen atoms in total. The highest BCUT2D eigenvalue weighted by molar-refractivity contribution is 5.97. The summed E-state index contributed by atoms with van der Waals surface area (Å²) in [5, 5.41) is 10.9. The topological polar surface area (TPSA) is 88.8 Å². The highest BCUT2D eigenvalue weighted by Crippen LogP contribution is 2.28. The van der Waals surface area contributed by atoms with Crippen molar-refractivity contribution >= 4 is 11.9 Å². The van der Waals surface area contributed by atoms with Crippen LogP contribution < -0.4 is 5.32 Å². The second-order valence-electron chi connectivity index (χ2n) is 7.01. The Morgan fingerprint density at radius 2 is 1.84 bits per heavy atom. The van der Waals surface area contributed by atoms with Gasteiger partial charge in [-0.25, -0.2) is 14.4 Å². The van der Waals surface area contributed by atoms with Crippen molar-refractivity contribution in [1.82, 2.24) is 29.9 Å². The molecule has 0 unspecified atom stereocenters. The average Bonchev–Trinajstić information content (AvgIpc) is 3.28. The fourth-order valence-corrected chi connectivity index (χ4v) is 3.37. The minimum atomic E-state index is -4.51. The Labute approximate surface area is 173 Å². The average molecular weight is 435 g/mol. The van der Waals surface area contributed by atoms with Crippen molar-refractivity contribution in [3.63, 3.8) is 0 Å². The summed E-state index contributed by atoms with van der Waals surface area (Å²) in [6.45, 7) is 0.765. The van der Waals surface area contributed by atoms with E-state index in [0.717, 1.165) is 0 Å². The van der Waals surface area contributed by atoms with E-state index in [1.165, 1.54) is 35.4 Å². The third-order valence-electron chi connectivity index (χ3n) is 4.85. The van der Waals surface area contributed by atoms with Crippen LogP contribution in [-0.4, -0.2) is 54.9 Å². The molecule has 0 aliphatic carbocycles. The van der Waals surface area contributed by atoms with Crippen molar-refractivity contribution < 1.29 is 22.4 Å². The van der Waals surface area contributed by atoms with Gasteiger partial charge in [0, 0.05) is 37.6 Å². The number of hydrogen-bond donors (Lipinski definition) is 1. The molecule has 1 aromatic carbocycles. The first-order valence-corrected chi connectivity index (χ1v) is 9.42. The minimum Gasteiger partial charge on any atom is -0.350 e. The van der Waals surface area contributed by atoms with Gasteiger partial charge in [0.1, 0.15) is 11.5 Å². The number of piperidine rings is 1. The molecule has 31 heavy (non-hydrogen) atoms. The standard InChI is InChI=1S/C19H17F4N7O/c20-13-3-4-15(16(8-13)30-26-5-6-27-30)17(31)29-7-1-2-14(11-29)28-18-24-9-12(10-25-18)19(21,22)23/h3-6,8-10,14H,1-2,7,11H2,(H,24,25,28)/t14-/m1/s1. The first kappa shape index (κ1) is 20.7. The van der Waals surface area contributed by atoms with E-state index in [4.69, 9.17) is 0 Å². The van der Waals surface area contributed by atoms with Gasteiger partial charge in [-0.2, -0.15) is 28.2 Å². The van der Waals surface area contributed by atoms with Crippen LogP contribution in [0.2, 0.25) is 0 Å². The number of carbonyl (C=O) groups excluding carboxylic acids is 1. The monoisotopic (exact) mass is 435 g/mol. The van der Waals surface area contributed by atoms with Crippen LogP contribution in [0.4, 0.5) is 23.5 Å². The van der Waals surface area contributed by atoms with Gasteiger partial charge in [-0.05, 0) is 25.0 Å². The minimum absolute atomic E-state index is 0.0514. The van der Waals surface area contributed by atoms with E-state index in [1.807, 2.05) is 0 Å². The Morgan fingerprint density at radius 3 is 2.52 bits per heavy atom. The first-order chi connectivity index (χ1) is 14.8. The van der Waals surface area contributed by atoms with E-state index >= 15 is 0 Å². The smallest absolute Gasteiger partial charge is 0.350 e. The molecule has 3 aromatic rings. The Hall–Kier alpha value is -3.57. The summed E-state index contributed by atoms with van der Waals surface area (Å²) < 4.78 is 51.7. The highest BCUT2D eigenvalue weighted by Gasteiger charge is 2.32. The number of hydrogen-bond acceptors (Lipinski definition) is 6. The molecule has 0 spiro atoms. The molecule has 0 saturated carbocycles. The molecule has 1 amide bonds. The molecule has 1 aliphatic heterocycles. The maximum atomic E-state index is 13.8. The summed E-state index contributed by atoms with van der Waals surface area (Å²) >= 11 is 0. The predicted octanol–water partition coefficient (Wildman–Crippen LogP) is 2.93. The van der Waals surface area contributed by atoms with Gasteiger partial charge in [-0.15, -0.1) is 0 Å². The molecule has 162 valence electrons. The number of alkyl halides is 3. The van der Waals surface area contributed by atoms with E-state index in [2.05, 4.69) is 25.5 Å². The lowest BCUT2D eigenvalue weighted by molar-refractivity contribution is -0.138. The molecule has 1 saturated heterocycles. The Bertz CT molecular complexity index is 1050. The van der Waals surface area contributed by atoms with Gasteiger partial charge in [0.15, 0.2) is 0 Å². The van der Waals surface area contributed by atoms with E-state index in [1.54, 1.807) is 4.90 Å². The molecule has 0 radical (unpaired) electrons. The number of rotatable bonds is 4. The molecular weight excluding hydrogens is 418 g/mol. The van der Waals surface area contributed by atoms with Crippen molar-refractivity contribution in [2.24, 2.45) is 0 Å². The lowest BCUT2D eigenvalue weighted by Crippen LogP contribution is -2.45. The van der Waals surface area contributed by atoms with E-state index < -0.39 is 17.6 Å². The molecule has 1 atom stereocenters. The molecule has 1 fully saturated rings. The normalized spacial score (nSPS) is 16.9. The van der Waals surface area contributed by atoms with Gasteiger partial charge in [0.2, 0.25) is 5.95 Å². The first-order valence-electron chi connectivity index (χ1n) is 9.42. The number of halogens is 4. The van der Waals surface area contributed by atoms with Gasteiger partial charge >= 0.3 is 6.18 Å². The zero-order valence-electron chi connectivity index (χ0n) is 16.1. The maximum absolute atomic E-state index is 13.8. The second-order valence-corrected chi connectivity index (χ2v) is 7.01. The zero-order valence-corrected chi connectivity index (χ0v) is 16.1. The fraction of sp³-hybridized carbons (Fsp3) is 0.316. The molecule has 3 heterocycles. The summed E-state index contributed by atoms with van der Waals surface area (Å²) in [7, 11) is 0. The van der Waals surface area contributed by atoms with Gasteiger partial charge < -0.3 is 10.2 Å². The number of amides is 1. The van der Waals surface area contributed by atoms with Gasteiger partial charge in [0.25, 0.3) is 5.91 Å². The molecule has 1 aliphatic rings. The summed E-state index contributed by atoms with van der Waals surface area (Å²) in [5.74, 6) is -0.802. The van der Waals surface area contributed by atoms with E-state index in [9.17, 15) is 22.4 Å². The lowest BCUT2D eigenvalue weighted by atomic mass is 10.0. The maximum Gasteiger partial charge on any atom is 0.419 e. The van der Waals surface area contributed by atoms with Crippen LogP contribution in [0.5, 0.6) is 0 Å². The SMILES string of the molecule is O=C(c1ccc(F)cc1-n1nccn1)N1CCC[C@@H](Nc2ncc(C(F)(F)F)cn2)C1. The number of aromatic nitrogens is 5. The van der Waals surface area contributed by atoms with E-state index in [-0.39, 0.29) is 35.7 Å². The van der Waals surface area contributed by atoms with Crippen LogP contribution in [0.15, 0.2) is 43.0 Å². The third-order valence-corrected chi connectivity index (χ3v) is 4.85. The summed E-state index contributed by atoms with van der Waals surface area (Å²) in [6.07, 6.45) is 1.11. The number of benzene rings is 1. The highest BCUT2D eigenvalue weighted by atomic mass is 19.4. The Kier molecular flexibility index (Phi) is 5.53. The van der Waals surface area contributed by atoms with Crippen LogP contribution in [-0.2, 0) is 6.18 Å². The van der Waals surface area contributed by atoms with Crippen molar-refractivity contribution in [2.45, 2.75) is 25.1 Å². The van der Waals surface area contributed by atoms with Crippen molar-refractivity contribution in [3.05, 3.63) is 59.9 Å². The van der Waals surface area contributed by atoms with Crippen LogP contribution >= 0.6 is 0 Å². The molecule has 0 bridgehead atoms. The quantitative estimate of drug-likeness (QED) is 0.634. The van der Waals surface area contributed by atoms with Crippen molar-refractivity contribution in [2.75, 3.05) is 18.4 Å². The third kappa shape index (κ3) is 4.62. The lowest BCUT2D eigenvalue weighted by Gasteiger charge is -2.33. The van der Waals surface area contributed by atoms with Crippen LogP contribution in [0.1, 0.15) is 28.8 Å². The number of nitrogens with one attached hydrogen (secondary N) is 1. The predicted molar refractivity (Wildman–Crippen MR) is 101 cm³/mol. The van der Waals surface area contributed by atoms with Gasteiger partial charge in [-0.3, -0.25) is 4.79 Å². The molecule has 1 N–H and O–H groups in total. The Morgan fingerprint density at radius 1 is 1.13 bits per heavy atom. The number of likely N-dealkylation sites (tertiary alicyclic amines) is 1. The molecule has 2 aromatic heterocycles. The second kappa shape index (κ2) is 8.28. The fourth-order valence-electron chi connectivity index (χ4n) is 3.37. The summed E-state index contributed by atoms with van der Waals surface area (Å²) in [4.78, 5) is 23.3. The zero-order chi connectivity index (χ0) is 22.0. The van der Waals surface area contributed by atoms with Crippen molar-refractivity contribution in [1.29, 1.82) is 0 Å². The van der Waals surface area contributed by atoms with Crippen LogP contribution in [0, 0.1) is 5.82 Å². The summed E-state index contributed by atoms with van der Waals surface area (Å²) in [5.41, 5.74) is -0.477. The molecular formula is C19H17F4N7O. The largest absolute Gasteiger partial charge is 0.419 e.